The van der Waals surface area contributed by atoms with E-state index in [1.807, 2.05) is 20.8 Å². The van der Waals surface area contributed by atoms with Crippen molar-refractivity contribution in [3.8, 4) is 0 Å². The summed E-state index contributed by atoms with van der Waals surface area (Å²) in [6.07, 6.45) is 3.31. The summed E-state index contributed by atoms with van der Waals surface area (Å²) in [7, 11) is 0. The molecule has 0 aliphatic carbocycles. The number of carbonyl (C=O) groups is 1. The largest absolute Gasteiger partial charge is 0.351 e. The van der Waals surface area contributed by atoms with E-state index in [4.69, 9.17) is 5.73 Å². The Bertz CT molecular complexity index is 337. The number of amides is 1. The van der Waals surface area contributed by atoms with Gasteiger partial charge in [0.15, 0.2) is 0 Å². The second-order valence-corrected chi connectivity index (χ2v) is 4.39. The number of carbonyl (C=O) groups excluding carboxylic acids is 1. The number of nitrogens with two attached hydrogens (primary N) is 1. The number of nitrogens with zero attached hydrogens (tertiary/aromatic N) is 2. The van der Waals surface area contributed by atoms with Crippen LogP contribution in [0.4, 0.5) is 0 Å². The van der Waals surface area contributed by atoms with Crippen molar-refractivity contribution in [2.75, 3.05) is 13.1 Å². The maximum absolute atomic E-state index is 11.5. The van der Waals surface area contributed by atoms with Crippen LogP contribution in [0, 0.1) is 0 Å². The lowest BCUT2D eigenvalue weighted by molar-refractivity contribution is 0.0954. The van der Waals surface area contributed by atoms with Gasteiger partial charge in [0.25, 0.3) is 5.91 Å². The van der Waals surface area contributed by atoms with Gasteiger partial charge in [-0.3, -0.25) is 9.48 Å². The lowest BCUT2D eigenvalue weighted by Crippen LogP contribution is -2.29. The molecule has 0 fully saturated rings. The molecule has 1 aromatic rings. The summed E-state index contributed by atoms with van der Waals surface area (Å²) >= 11 is 0. The van der Waals surface area contributed by atoms with Crippen molar-refractivity contribution in [1.82, 2.24) is 15.1 Å². The van der Waals surface area contributed by atoms with E-state index < -0.39 is 0 Å². The van der Waals surface area contributed by atoms with Gasteiger partial charge >= 0.3 is 0 Å². The van der Waals surface area contributed by atoms with Gasteiger partial charge in [-0.25, -0.2) is 0 Å². The highest BCUT2D eigenvalue weighted by Gasteiger charge is 2.16. The minimum absolute atomic E-state index is 0.105. The fourth-order valence-corrected chi connectivity index (χ4v) is 1.09. The first-order chi connectivity index (χ1) is 6.95. The van der Waals surface area contributed by atoms with Crippen molar-refractivity contribution in [3.05, 3.63) is 18.0 Å². The van der Waals surface area contributed by atoms with Crippen LogP contribution in [-0.4, -0.2) is 28.8 Å². The molecule has 0 unspecified atom stereocenters. The average Bonchev–Trinajstić information content (AvgIpc) is 2.62. The molecule has 0 aromatic carbocycles. The molecule has 0 radical (unpaired) electrons. The third-order valence-electron chi connectivity index (χ3n) is 1.96. The van der Waals surface area contributed by atoms with Gasteiger partial charge in [-0.1, -0.05) is 0 Å². The van der Waals surface area contributed by atoms with E-state index >= 15 is 0 Å². The molecular formula is C10H18N4O. The topological polar surface area (TPSA) is 72.9 Å². The summed E-state index contributed by atoms with van der Waals surface area (Å²) in [6, 6.07) is 0. The molecule has 0 saturated heterocycles. The summed E-state index contributed by atoms with van der Waals surface area (Å²) in [4.78, 5) is 11.5. The normalized spacial score (nSPS) is 11.5. The highest BCUT2D eigenvalue weighted by molar-refractivity contribution is 5.93. The van der Waals surface area contributed by atoms with Gasteiger partial charge in [0, 0.05) is 19.3 Å². The van der Waals surface area contributed by atoms with E-state index in [1.165, 1.54) is 0 Å². The molecule has 0 spiro atoms. The summed E-state index contributed by atoms with van der Waals surface area (Å²) in [5, 5.41) is 6.84. The first-order valence-corrected chi connectivity index (χ1v) is 4.98. The Labute approximate surface area is 89.6 Å². The maximum Gasteiger partial charge on any atom is 0.254 e. The summed E-state index contributed by atoms with van der Waals surface area (Å²) in [5.41, 5.74) is 5.76. The predicted octanol–water partition coefficient (Wildman–Crippen LogP) is 0.327. The average molecular weight is 210 g/mol. The van der Waals surface area contributed by atoms with Gasteiger partial charge in [-0.15, -0.1) is 0 Å². The molecule has 84 valence electrons. The highest BCUT2D eigenvalue weighted by Crippen LogP contribution is 2.12. The van der Waals surface area contributed by atoms with Crippen molar-refractivity contribution in [1.29, 1.82) is 0 Å². The zero-order chi connectivity index (χ0) is 11.5. The van der Waals surface area contributed by atoms with Crippen LogP contribution in [0.5, 0.6) is 0 Å². The molecular weight excluding hydrogens is 192 g/mol. The van der Waals surface area contributed by atoms with Crippen molar-refractivity contribution in [3.63, 3.8) is 0 Å². The van der Waals surface area contributed by atoms with Crippen LogP contribution in [0.3, 0.4) is 0 Å². The molecule has 1 amide bonds. The molecule has 3 N–H and O–H groups in total. The molecule has 1 heterocycles. The van der Waals surface area contributed by atoms with Gasteiger partial charge < -0.3 is 11.1 Å². The van der Waals surface area contributed by atoms with Crippen LogP contribution in [0.2, 0.25) is 0 Å². The molecule has 0 atom stereocenters. The second-order valence-electron chi connectivity index (χ2n) is 4.39. The van der Waals surface area contributed by atoms with E-state index in [2.05, 4.69) is 10.4 Å². The number of hydrogen-bond acceptors (Lipinski definition) is 3. The molecule has 1 rings (SSSR count). The van der Waals surface area contributed by atoms with E-state index in [0.29, 0.717) is 18.7 Å². The third kappa shape index (κ3) is 3.06. The van der Waals surface area contributed by atoms with Crippen molar-refractivity contribution < 1.29 is 4.79 Å². The standard InChI is InChI=1S/C10H18N4O/c1-10(2,3)14-7-8(6-13-14)9(15)12-5-4-11/h6-7H,4-5,11H2,1-3H3,(H,12,15). The quantitative estimate of drug-likeness (QED) is 0.755. The van der Waals surface area contributed by atoms with E-state index in [9.17, 15) is 4.79 Å². The van der Waals surface area contributed by atoms with Crippen molar-refractivity contribution >= 4 is 5.91 Å². The lowest BCUT2D eigenvalue weighted by atomic mass is 10.1. The Balaban J connectivity index is 2.72. The van der Waals surface area contributed by atoms with Crippen LogP contribution in [0.25, 0.3) is 0 Å². The van der Waals surface area contributed by atoms with Crippen LogP contribution >= 0.6 is 0 Å². The number of nitrogens with one attached hydrogen (secondary N) is 1. The zero-order valence-electron chi connectivity index (χ0n) is 9.45. The molecule has 0 saturated carbocycles. The summed E-state index contributed by atoms with van der Waals surface area (Å²) < 4.78 is 1.77. The Morgan fingerprint density at radius 3 is 2.73 bits per heavy atom. The fraction of sp³-hybridized carbons (Fsp3) is 0.600. The lowest BCUT2D eigenvalue weighted by Gasteiger charge is -2.18. The summed E-state index contributed by atoms with van der Waals surface area (Å²) in [5.74, 6) is -0.129. The Morgan fingerprint density at radius 1 is 1.60 bits per heavy atom. The SMILES string of the molecule is CC(C)(C)n1cc(C(=O)NCCN)cn1. The second kappa shape index (κ2) is 4.44. The first-order valence-electron chi connectivity index (χ1n) is 4.98. The van der Waals surface area contributed by atoms with E-state index in [0.717, 1.165) is 0 Å². The Hall–Kier alpha value is -1.36. The molecule has 5 nitrogen and oxygen atoms in total. The summed E-state index contributed by atoms with van der Waals surface area (Å²) in [6.45, 7) is 7.02. The Morgan fingerprint density at radius 2 is 2.27 bits per heavy atom. The van der Waals surface area contributed by atoms with E-state index in [-0.39, 0.29) is 11.4 Å². The molecule has 0 bridgehead atoms. The molecule has 15 heavy (non-hydrogen) atoms. The van der Waals surface area contributed by atoms with Gasteiger partial charge in [0.2, 0.25) is 0 Å². The minimum atomic E-state index is -0.129. The van der Waals surface area contributed by atoms with Crippen LogP contribution < -0.4 is 11.1 Å². The monoisotopic (exact) mass is 210 g/mol. The third-order valence-corrected chi connectivity index (χ3v) is 1.96. The maximum atomic E-state index is 11.5. The van der Waals surface area contributed by atoms with Gasteiger partial charge in [0.1, 0.15) is 0 Å². The van der Waals surface area contributed by atoms with Gasteiger partial charge in [0.05, 0.1) is 17.3 Å². The molecule has 1 aromatic heterocycles. The minimum Gasteiger partial charge on any atom is -0.351 e. The zero-order valence-corrected chi connectivity index (χ0v) is 9.45. The first kappa shape index (κ1) is 11.7. The van der Waals surface area contributed by atoms with Gasteiger partial charge in [-0.05, 0) is 20.8 Å². The van der Waals surface area contributed by atoms with Crippen LogP contribution in [0.15, 0.2) is 12.4 Å². The van der Waals surface area contributed by atoms with Gasteiger partial charge in [-0.2, -0.15) is 5.10 Å². The smallest absolute Gasteiger partial charge is 0.254 e. The molecule has 0 aliphatic heterocycles. The Kier molecular flexibility index (Phi) is 3.47. The van der Waals surface area contributed by atoms with Crippen LogP contribution in [0.1, 0.15) is 31.1 Å². The molecule has 0 aliphatic rings. The van der Waals surface area contributed by atoms with Crippen LogP contribution in [-0.2, 0) is 5.54 Å². The number of aromatic nitrogens is 2. The number of hydrogen-bond donors (Lipinski definition) is 2. The predicted molar refractivity (Wildman–Crippen MR) is 58.6 cm³/mol. The highest BCUT2D eigenvalue weighted by atomic mass is 16.1. The molecule has 5 heteroatoms. The van der Waals surface area contributed by atoms with Crippen molar-refractivity contribution in [2.45, 2.75) is 26.3 Å². The van der Waals surface area contributed by atoms with Crippen molar-refractivity contribution in [2.24, 2.45) is 5.73 Å². The van der Waals surface area contributed by atoms with E-state index in [1.54, 1.807) is 17.1 Å². The fourth-order valence-electron chi connectivity index (χ4n) is 1.09. The number of rotatable bonds is 3.